The van der Waals surface area contributed by atoms with Crippen molar-refractivity contribution in [3.63, 3.8) is 0 Å². The molecule has 6 aromatic rings. The number of aryl methyl sites for hydroxylation is 4. The summed E-state index contributed by atoms with van der Waals surface area (Å²) in [5.74, 6) is 0. The zero-order chi connectivity index (χ0) is 20.6. The smallest absolute Gasteiger partial charge is 0.0455 e. The Hall–Kier alpha value is -1.98. The molecule has 6 rings (SSSR count). The van der Waals surface area contributed by atoms with Crippen LogP contribution in [0.3, 0.4) is 0 Å². The van der Waals surface area contributed by atoms with Gasteiger partial charge < -0.3 is 0 Å². The molecule has 0 aliphatic heterocycles. The van der Waals surface area contributed by atoms with Gasteiger partial charge in [0.15, 0.2) is 0 Å². The average Bonchev–Trinajstić information content (AvgIpc) is 3.47. The molecule has 4 heterocycles. The SMILES string of the molecule is Cc1ccc(-c2ccc(-c3cc4c(C)cc5c(cc(C)c6cc(C)sc65)c4s3)s2)s1. The van der Waals surface area contributed by atoms with Crippen molar-refractivity contribution < 1.29 is 0 Å². The lowest BCUT2D eigenvalue weighted by molar-refractivity contribution is 1.55. The fourth-order valence-electron chi connectivity index (χ4n) is 4.30. The summed E-state index contributed by atoms with van der Waals surface area (Å²) < 4.78 is 2.87. The van der Waals surface area contributed by atoms with Crippen molar-refractivity contribution in [3.05, 3.63) is 69.4 Å². The summed E-state index contributed by atoms with van der Waals surface area (Å²) >= 11 is 7.67. The maximum absolute atomic E-state index is 2.41. The third kappa shape index (κ3) is 2.82. The van der Waals surface area contributed by atoms with Gasteiger partial charge >= 0.3 is 0 Å². The first-order valence-corrected chi connectivity index (χ1v) is 13.3. The van der Waals surface area contributed by atoms with Crippen LogP contribution in [0, 0.1) is 27.7 Å². The van der Waals surface area contributed by atoms with Crippen LogP contribution in [0.2, 0.25) is 0 Å². The standard InChI is InChI=1S/C26H20S4/c1-13-9-20-19(25-17(13)11-16(4)28-25)10-14(2)18-12-24(30-26(18)20)23-8-7-22(29-23)21-6-5-15(3)27-21/h5-12H,1-4H3. The Morgan fingerprint density at radius 2 is 1.00 bits per heavy atom. The Labute approximate surface area is 192 Å². The zero-order valence-corrected chi connectivity index (χ0v) is 20.5. The van der Waals surface area contributed by atoms with Crippen LogP contribution >= 0.6 is 45.3 Å². The topological polar surface area (TPSA) is 0 Å². The second-order valence-corrected chi connectivity index (χ2v) is 12.7. The van der Waals surface area contributed by atoms with Crippen molar-refractivity contribution in [1.82, 2.24) is 0 Å². The predicted molar refractivity (Wildman–Crippen MR) is 140 cm³/mol. The summed E-state index contributed by atoms with van der Waals surface area (Å²) in [4.78, 5) is 8.25. The lowest BCUT2D eigenvalue weighted by atomic mass is 9.99. The largest absolute Gasteiger partial charge is 0.140 e. The molecule has 0 aliphatic rings. The first-order valence-electron chi connectivity index (χ1n) is 10.0. The van der Waals surface area contributed by atoms with E-state index in [0.717, 1.165) is 0 Å². The number of hydrogen-bond donors (Lipinski definition) is 0. The van der Waals surface area contributed by atoms with E-state index < -0.39 is 0 Å². The predicted octanol–water partition coefficient (Wildman–Crippen LogP) is 9.96. The van der Waals surface area contributed by atoms with Crippen molar-refractivity contribution in [2.75, 3.05) is 0 Å². The van der Waals surface area contributed by atoms with Crippen LogP contribution in [0.4, 0.5) is 0 Å². The number of rotatable bonds is 2. The van der Waals surface area contributed by atoms with Crippen LogP contribution < -0.4 is 0 Å². The van der Waals surface area contributed by atoms with E-state index >= 15 is 0 Å². The number of fused-ring (bicyclic) bond motifs is 5. The maximum Gasteiger partial charge on any atom is 0.0455 e. The molecular weight excluding hydrogens is 441 g/mol. The molecule has 0 atom stereocenters. The molecule has 4 aromatic heterocycles. The van der Waals surface area contributed by atoms with Gasteiger partial charge in [0, 0.05) is 49.4 Å². The lowest BCUT2D eigenvalue weighted by Gasteiger charge is -2.07. The van der Waals surface area contributed by atoms with Crippen LogP contribution in [0.25, 0.3) is 50.5 Å². The Kier molecular flexibility index (Phi) is 4.23. The minimum absolute atomic E-state index is 1.37. The van der Waals surface area contributed by atoms with Crippen molar-refractivity contribution in [1.29, 1.82) is 0 Å². The quantitative estimate of drug-likeness (QED) is 0.241. The van der Waals surface area contributed by atoms with Gasteiger partial charge in [0.25, 0.3) is 0 Å². The van der Waals surface area contributed by atoms with E-state index in [1.54, 1.807) is 0 Å². The summed E-state index contributed by atoms with van der Waals surface area (Å²) in [6.45, 7) is 8.91. The molecule has 4 heteroatoms. The third-order valence-corrected chi connectivity index (χ3v) is 10.5. The highest BCUT2D eigenvalue weighted by Crippen LogP contribution is 2.46. The molecule has 0 fully saturated rings. The molecule has 0 bridgehead atoms. The highest BCUT2D eigenvalue weighted by Gasteiger charge is 2.16. The fraction of sp³-hybridized carbons (Fsp3) is 0.154. The van der Waals surface area contributed by atoms with E-state index in [0.29, 0.717) is 0 Å². The van der Waals surface area contributed by atoms with Crippen LogP contribution in [0.5, 0.6) is 0 Å². The van der Waals surface area contributed by atoms with Crippen molar-refractivity contribution >= 4 is 76.3 Å². The van der Waals surface area contributed by atoms with E-state index in [4.69, 9.17) is 0 Å². The normalized spacial score (nSPS) is 12.0. The van der Waals surface area contributed by atoms with Gasteiger partial charge in [-0.1, -0.05) is 0 Å². The summed E-state index contributed by atoms with van der Waals surface area (Å²) in [5, 5.41) is 5.63. The van der Waals surface area contributed by atoms with Crippen LogP contribution in [0.15, 0.2) is 48.5 Å². The van der Waals surface area contributed by atoms with Crippen molar-refractivity contribution in [3.8, 4) is 19.5 Å². The molecule has 0 saturated carbocycles. The fourth-order valence-corrected chi connectivity index (χ4v) is 8.71. The minimum atomic E-state index is 1.37. The van der Waals surface area contributed by atoms with Gasteiger partial charge in [0.1, 0.15) is 0 Å². The average molecular weight is 461 g/mol. The molecule has 0 radical (unpaired) electrons. The van der Waals surface area contributed by atoms with Gasteiger partial charge in [-0.2, -0.15) is 0 Å². The number of thiophene rings is 4. The zero-order valence-electron chi connectivity index (χ0n) is 17.3. The summed E-state index contributed by atoms with van der Waals surface area (Å²) in [7, 11) is 0. The number of hydrogen-bond acceptors (Lipinski definition) is 4. The van der Waals surface area contributed by atoms with Crippen LogP contribution in [0.1, 0.15) is 20.9 Å². The third-order valence-electron chi connectivity index (χ3n) is 5.77. The lowest BCUT2D eigenvalue weighted by Crippen LogP contribution is -1.81. The first-order chi connectivity index (χ1) is 14.5. The molecular formula is C26H20S4. The second kappa shape index (κ2) is 6.76. The van der Waals surface area contributed by atoms with Crippen LogP contribution in [-0.4, -0.2) is 0 Å². The first kappa shape index (κ1) is 18.8. The second-order valence-electron chi connectivity index (χ2n) is 8.01. The van der Waals surface area contributed by atoms with Gasteiger partial charge in [-0.05, 0) is 98.1 Å². The molecule has 2 aromatic carbocycles. The van der Waals surface area contributed by atoms with Gasteiger partial charge in [-0.25, -0.2) is 0 Å². The Balaban J connectivity index is 1.58. The Morgan fingerprint density at radius 1 is 0.433 bits per heavy atom. The van der Waals surface area contributed by atoms with E-state index in [-0.39, 0.29) is 0 Å². The molecule has 0 saturated heterocycles. The number of benzene rings is 2. The molecule has 30 heavy (non-hydrogen) atoms. The summed E-state index contributed by atoms with van der Waals surface area (Å²) in [5.41, 5.74) is 2.76. The summed E-state index contributed by atoms with van der Waals surface area (Å²) in [6.07, 6.45) is 0. The van der Waals surface area contributed by atoms with E-state index in [1.807, 2.05) is 45.3 Å². The molecule has 0 unspecified atom stereocenters. The Bertz CT molecular complexity index is 1580. The monoisotopic (exact) mass is 460 g/mol. The van der Waals surface area contributed by atoms with Crippen molar-refractivity contribution in [2.24, 2.45) is 0 Å². The van der Waals surface area contributed by atoms with E-state index in [2.05, 4.69) is 76.2 Å². The molecule has 0 nitrogen and oxygen atoms in total. The van der Waals surface area contributed by atoms with E-state index in [1.165, 1.54) is 71.3 Å². The molecule has 0 spiro atoms. The highest BCUT2D eigenvalue weighted by molar-refractivity contribution is 7.29. The Morgan fingerprint density at radius 3 is 1.67 bits per heavy atom. The summed E-state index contributed by atoms with van der Waals surface area (Å²) in [6, 6.07) is 18.6. The van der Waals surface area contributed by atoms with Gasteiger partial charge in [0.05, 0.1) is 0 Å². The minimum Gasteiger partial charge on any atom is -0.140 e. The molecule has 0 aliphatic carbocycles. The molecule has 0 N–H and O–H groups in total. The molecule has 148 valence electrons. The highest BCUT2D eigenvalue weighted by atomic mass is 32.1. The van der Waals surface area contributed by atoms with Gasteiger partial charge in [-0.15, -0.1) is 45.3 Å². The van der Waals surface area contributed by atoms with E-state index in [9.17, 15) is 0 Å². The van der Waals surface area contributed by atoms with Gasteiger partial charge in [-0.3, -0.25) is 0 Å². The van der Waals surface area contributed by atoms with Crippen molar-refractivity contribution in [2.45, 2.75) is 27.7 Å². The molecule has 0 amide bonds. The maximum atomic E-state index is 2.41. The van der Waals surface area contributed by atoms with Gasteiger partial charge in [0.2, 0.25) is 0 Å². The van der Waals surface area contributed by atoms with Crippen LogP contribution in [-0.2, 0) is 0 Å².